The van der Waals surface area contributed by atoms with Crippen LogP contribution in [0.15, 0.2) is 24.3 Å². The number of para-hydroxylation sites is 1. The first-order chi connectivity index (χ1) is 17.1. The van der Waals surface area contributed by atoms with Gasteiger partial charge in [-0.05, 0) is 84.1 Å². The second-order valence-corrected chi connectivity index (χ2v) is 10.3. The average Bonchev–Trinajstić information content (AvgIpc) is 3.51. The fourth-order valence-corrected chi connectivity index (χ4v) is 5.65. The van der Waals surface area contributed by atoms with E-state index in [1.54, 1.807) is 7.11 Å². The van der Waals surface area contributed by atoms with E-state index in [1.165, 1.54) is 25.9 Å². The lowest BCUT2D eigenvalue weighted by Gasteiger charge is -2.37. The molecule has 0 bridgehead atoms. The zero-order valence-electron chi connectivity index (χ0n) is 22.7. The Kier molecular flexibility index (Phi) is 13.5. The van der Waals surface area contributed by atoms with Crippen molar-refractivity contribution >= 4 is 41.6 Å². The molecular weight excluding hydrogens is 511 g/mol. The molecule has 1 atom stereocenters. The van der Waals surface area contributed by atoms with Crippen LogP contribution in [0.5, 0.6) is 5.75 Å². The Morgan fingerprint density at radius 1 is 1.11 bits per heavy atom. The first-order valence-electron chi connectivity index (χ1n) is 13.6. The Morgan fingerprint density at radius 2 is 1.89 bits per heavy atom. The number of piperidine rings is 1. The third-order valence-corrected chi connectivity index (χ3v) is 7.40. The Morgan fingerprint density at radius 3 is 2.57 bits per heavy atom. The van der Waals surface area contributed by atoms with Gasteiger partial charge in [0.1, 0.15) is 18.1 Å². The summed E-state index contributed by atoms with van der Waals surface area (Å²) in [5, 5.41) is 4.56. The Balaban J connectivity index is 0.00000241. The lowest BCUT2D eigenvalue weighted by atomic mass is 10.0. The van der Waals surface area contributed by atoms with E-state index < -0.39 is 0 Å². The van der Waals surface area contributed by atoms with Crippen LogP contribution >= 0.6 is 24.8 Å². The summed E-state index contributed by atoms with van der Waals surface area (Å²) in [4.78, 5) is 18.6. The SMILES string of the molecule is COCCCCn1c(C(=O)N(C(C)C)[C@@H]2CCCNC2)cc2cccc(OCCN3CCCC3)c21.Cl.Cl. The van der Waals surface area contributed by atoms with Crippen molar-refractivity contribution in [3.8, 4) is 5.75 Å². The van der Waals surface area contributed by atoms with Gasteiger partial charge in [0.2, 0.25) is 0 Å². The molecule has 0 unspecified atom stereocenters. The van der Waals surface area contributed by atoms with Crippen LogP contribution in [0.4, 0.5) is 0 Å². The topological polar surface area (TPSA) is 59.0 Å². The first kappa shape index (κ1) is 31.7. The molecule has 2 fully saturated rings. The Bertz CT molecular complexity index is 956. The molecule has 2 aliphatic rings. The number of amides is 1. The van der Waals surface area contributed by atoms with Crippen LogP contribution in [0.1, 0.15) is 62.9 Å². The molecule has 4 rings (SSSR count). The van der Waals surface area contributed by atoms with E-state index in [4.69, 9.17) is 9.47 Å². The minimum absolute atomic E-state index is 0. The predicted octanol–water partition coefficient (Wildman–Crippen LogP) is 4.99. The zero-order chi connectivity index (χ0) is 24.6. The fraction of sp³-hybridized carbons (Fsp3) is 0.679. The molecule has 210 valence electrons. The summed E-state index contributed by atoms with van der Waals surface area (Å²) in [7, 11) is 1.74. The number of nitrogens with zero attached hydrogens (tertiary/aromatic N) is 3. The van der Waals surface area contributed by atoms with E-state index >= 15 is 0 Å². The number of benzene rings is 1. The van der Waals surface area contributed by atoms with Gasteiger partial charge in [-0.15, -0.1) is 24.8 Å². The van der Waals surface area contributed by atoms with Gasteiger partial charge in [0, 0.05) is 50.8 Å². The molecule has 2 aliphatic heterocycles. The van der Waals surface area contributed by atoms with Crippen molar-refractivity contribution in [1.29, 1.82) is 0 Å². The summed E-state index contributed by atoms with van der Waals surface area (Å²) < 4.78 is 13.8. The first-order valence-corrected chi connectivity index (χ1v) is 13.6. The van der Waals surface area contributed by atoms with Crippen LogP contribution in [0.25, 0.3) is 10.9 Å². The average molecular weight is 558 g/mol. The van der Waals surface area contributed by atoms with Crippen molar-refractivity contribution in [2.24, 2.45) is 0 Å². The molecule has 2 aromatic rings. The van der Waals surface area contributed by atoms with Crippen LogP contribution in [0.2, 0.25) is 0 Å². The summed E-state index contributed by atoms with van der Waals surface area (Å²) in [6, 6.07) is 8.65. The van der Waals surface area contributed by atoms with Crippen LogP contribution < -0.4 is 10.1 Å². The van der Waals surface area contributed by atoms with E-state index in [0.717, 1.165) is 80.8 Å². The van der Waals surface area contributed by atoms with Gasteiger partial charge in [-0.2, -0.15) is 0 Å². The highest BCUT2D eigenvalue weighted by molar-refractivity contribution is 6.00. The number of hydrogen-bond donors (Lipinski definition) is 1. The van der Waals surface area contributed by atoms with Gasteiger partial charge in [-0.25, -0.2) is 0 Å². The molecule has 7 nitrogen and oxygen atoms in total. The quantitative estimate of drug-likeness (QED) is 0.373. The molecule has 9 heteroatoms. The molecule has 0 spiro atoms. The second-order valence-electron chi connectivity index (χ2n) is 10.3. The maximum Gasteiger partial charge on any atom is 0.271 e. The van der Waals surface area contributed by atoms with E-state index in [9.17, 15) is 4.79 Å². The van der Waals surface area contributed by atoms with Crippen molar-refractivity contribution in [3.63, 3.8) is 0 Å². The molecule has 0 radical (unpaired) electrons. The second kappa shape index (κ2) is 15.8. The number of methoxy groups -OCH3 is 1. The third kappa shape index (κ3) is 7.99. The molecule has 1 amide bonds. The van der Waals surface area contributed by atoms with Crippen molar-refractivity contribution in [2.45, 2.75) is 71.0 Å². The number of ether oxygens (including phenoxy) is 2. The van der Waals surface area contributed by atoms with Gasteiger partial charge in [-0.1, -0.05) is 12.1 Å². The van der Waals surface area contributed by atoms with Crippen molar-refractivity contribution in [3.05, 3.63) is 30.0 Å². The Labute approximate surface area is 235 Å². The summed E-state index contributed by atoms with van der Waals surface area (Å²) >= 11 is 0. The van der Waals surface area contributed by atoms with Gasteiger partial charge in [0.05, 0.1) is 5.52 Å². The van der Waals surface area contributed by atoms with Crippen LogP contribution in [0.3, 0.4) is 0 Å². The molecule has 3 heterocycles. The number of halogens is 2. The highest BCUT2D eigenvalue weighted by Crippen LogP contribution is 2.31. The highest BCUT2D eigenvalue weighted by atomic mass is 35.5. The minimum Gasteiger partial charge on any atom is -0.490 e. The molecule has 0 aliphatic carbocycles. The molecule has 2 saturated heterocycles. The molecule has 37 heavy (non-hydrogen) atoms. The Hall–Kier alpha value is -1.51. The highest BCUT2D eigenvalue weighted by Gasteiger charge is 2.31. The number of hydrogen-bond acceptors (Lipinski definition) is 5. The number of carbonyl (C=O) groups excluding carboxylic acids is 1. The third-order valence-electron chi connectivity index (χ3n) is 7.40. The number of unbranched alkanes of at least 4 members (excludes halogenated alkanes) is 1. The van der Waals surface area contributed by atoms with Gasteiger partial charge in [0.15, 0.2) is 0 Å². The molecule has 1 aromatic heterocycles. The number of likely N-dealkylation sites (tertiary alicyclic amines) is 1. The number of nitrogens with one attached hydrogen (secondary N) is 1. The van der Waals surface area contributed by atoms with E-state index in [1.807, 2.05) is 6.07 Å². The molecule has 1 N–H and O–H groups in total. The normalized spacial score (nSPS) is 18.0. The van der Waals surface area contributed by atoms with Crippen molar-refractivity contribution < 1.29 is 14.3 Å². The molecular formula is C28H46Cl2N4O3. The smallest absolute Gasteiger partial charge is 0.271 e. The standard InChI is InChI=1S/C28H44N4O3.2ClH/c1-22(2)32(24-11-9-13-29-21-24)28(33)25-20-23-10-8-12-26(35-19-17-30-14-4-5-15-30)27(23)31(25)16-6-7-18-34-3;;/h8,10,12,20,22,24,29H,4-7,9,11,13-19,21H2,1-3H3;2*1H/t24-;;/m1../s1. The van der Waals surface area contributed by atoms with Crippen LogP contribution in [-0.4, -0.2) is 85.4 Å². The summed E-state index contributed by atoms with van der Waals surface area (Å²) in [5.74, 6) is 1.00. The number of aromatic nitrogens is 1. The van der Waals surface area contributed by atoms with E-state index in [2.05, 4.69) is 51.7 Å². The minimum atomic E-state index is 0. The van der Waals surface area contributed by atoms with Crippen molar-refractivity contribution in [1.82, 2.24) is 19.7 Å². The largest absolute Gasteiger partial charge is 0.490 e. The van der Waals surface area contributed by atoms with E-state index in [-0.39, 0.29) is 42.8 Å². The maximum atomic E-state index is 14.1. The van der Waals surface area contributed by atoms with Gasteiger partial charge in [-0.3, -0.25) is 9.69 Å². The predicted molar refractivity (Wildman–Crippen MR) is 156 cm³/mol. The zero-order valence-corrected chi connectivity index (χ0v) is 24.4. The monoisotopic (exact) mass is 556 g/mol. The van der Waals surface area contributed by atoms with Gasteiger partial charge in [0.25, 0.3) is 5.91 Å². The van der Waals surface area contributed by atoms with E-state index in [0.29, 0.717) is 6.61 Å². The molecule has 0 saturated carbocycles. The van der Waals surface area contributed by atoms with Crippen LogP contribution in [-0.2, 0) is 11.3 Å². The van der Waals surface area contributed by atoms with Gasteiger partial charge >= 0.3 is 0 Å². The lowest BCUT2D eigenvalue weighted by molar-refractivity contribution is 0.0562. The molecule has 1 aromatic carbocycles. The summed E-state index contributed by atoms with van der Waals surface area (Å²) in [5.41, 5.74) is 1.81. The summed E-state index contributed by atoms with van der Waals surface area (Å²) in [6.45, 7) is 11.6. The van der Waals surface area contributed by atoms with Gasteiger partial charge < -0.3 is 24.3 Å². The summed E-state index contributed by atoms with van der Waals surface area (Å²) in [6.07, 6.45) is 6.64. The van der Waals surface area contributed by atoms with Crippen LogP contribution in [0, 0.1) is 0 Å². The number of carbonyl (C=O) groups is 1. The maximum absolute atomic E-state index is 14.1. The van der Waals surface area contributed by atoms with Crippen molar-refractivity contribution in [2.75, 3.05) is 53.0 Å². The lowest BCUT2D eigenvalue weighted by Crippen LogP contribution is -2.52. The fourth-order valence-electron chi connectivity index (χ4n) is 5.65. The number of aryl methyl sites for hydroxylation is 1. The number of fused-ring (bicyclic) bond motifs is 1. The number of rotatable bonds is 12.